The highest BCUT2D eigenvalue weighted by atomic mass is 16.5. The van der Waals surface area contributed by atoms with E-state index in [0.29, 0.717) is 35.5 Å². The fourth-order valence-electron chi connectivity index (χ4n) is 3.57. The zero-order valence-electron chi connectivity index (χ0n) is 14.0. The molecule has 1 aromatic carbocycles. The Morgan fingerprint density at radius 1 is 1.12 bits per heavy atom. The van der Waals surface area contributed by atoms with Gasteiger partial charge in [-0.25, -0.2) is 0 Å². The third-order valence-corrected chi connectivity index (χ3v) is 4.84. The van der Waals surface area contributed by atoms with Crippen LogP contribution in [0.2, 0.25) is 0 Å². The van der Waals surface area contributed by atoms with Gasteiger partial charge in [-0.05, 0) is 30.2 Å². The van der Waals surface area contributed by atoms with E-state index in [4.69, 9.17) is 9.47 Å². The third kappa shape index (κ3) is 3.58. The molecule has 126 valence electrons. The predicted octanol–water partition coefficient (Wildman–Crippen LogP) is 4.26. The van der Waals surface area contributed by atoms with Gasteiger partial charge in [0, 0.05) is 0 Å². The van der Waals surface area contributed by atoms with Crippen LogP contribution in [-0.4, -0.2) is 25.0 Å². The second kappa shape index (κ2) is 7.95. The maximum Gasteiger partial charge on any atom is 0.157 e. The average molecular weight is 325 g/mol. The van der Waals surface area contributed by atoms with Gasteiger partial charge in [-0.15, -0.1) is 0 Å². The molecule has 3 rings (SSSR count). The summed E-state index contributed by atoms with van der Waals surface area (Å²) < 4.78 is 11.2. The molecular weight excluding hydrogens is 302 g/mol. The normalized spacial score (nSPS) is 20.4. The number of methoxy groups -OCH3 is 1. The van der Waals surface area contributed by atoms with Gasteiger partial charge in [0.1, 0.15) is 5.56 Å². The van der Waals surface area contributed by atoms with Crippen molar-refractivity contribution >= 4 is 6.29 Å². The molecule has 0 spiro atoms. The van der Waals surface area contributed by atoms with Crippen molar-refractivity contribution in [3.05, 3.63) is 53.9 Å². The number of carbonyl (C=O) groups excluding carboxylic acids is 1. The molecule has 2 aromatic rings. The second-order valence-corrected chi connectivity index (χ2v) is 6.24. The van der Waals surface area contributed by atoms with Gasteiger partial charge < -0.3 is 9.47 Å². The highest BCUT2D eigenvalue weighted by Crippen LogP contribution is 2.38. The molecule has 0 amide bonds. The fourth-order valence-corrected chi connectivity index (χ4v) is 3.57. The molecule has 1 aliphatic carbocycles. The van der Waals surface area contributed by atoms with E-state index in [9.17, 15) is 4.79 Å². The smallest absolute Gasteiger partial charge is 0.157 e. The van der Waals surface area contributed by atoms with E-state index in [1.54, 1.807) is 6.20 Å². The SMILES string of the molecule is COc1cncc(OCC2CCCCC2c2ccccc2)c1C=O. The van der Waals surface area contributed by atoms with Crippen LogP contribution in [0, 0.1) is 5.92 Å². The number of nitrogens with zero attached hydrogens (tertiary/aromatic N) is 1. The fraction of sp³-hybridized carbons (Fsp3) is 0.400. The summed E-state index contributed by atoms with van der Waals surface area (Å²) in [7, 11) is 1.53. The molecule has 0 N–H and O–H groups in total. The first-order valence-electron chi connectivity index (χ1n) is 8.48. The van der Waals surface area contributed by atoms with Gasteiger partial charge in [0.05, 0.1) is 26.1 Å². The molecule has 4 heteroatoms. The minimum absolute atomic E-state index is 0.430. The Kier molecular flexibility index (Phi) is 5.47. The van der Waals surface area contributed by atoms with Crippen molar-refractivity contribution in [2.75, 3.05) is 13.7 Å². The number of carbonyl (C=O) groups is 1. The van der Waals surface area contributed by atoms with Gasteiger partial charge in [0.2, 0.25) is 0 Å². The predicted molar refractivity (Wildman–Crippen MR) is 92.8 cm³/mol. The van der Waals surface area contributed by atoms with E-state index in [-0.39, 0.29) is 0 Å². The van der Waals surface area contributed by atoms with Gasteiger partial charge in [-0.3, -0.25) is 9.78 Å². The third-order valence-electron chi connectivity index (χ3n) is 4.84. The monoisotopic (exact) mass is 325 g/mol. The van der Waals surface area contributed by atoms with Crippen molar-refractivity contribution in [2.24, 2.45) is 5.92 Å². The molecule has 1 aromatic heterocycles. The van der Waals surface area contributed by atoms with Crippen LogP contribution in [0.25, 0.3) is 0 Å². The quantitative estimate of drug-likeness (QED) is 0.745. The molecule has 0 aliphatic heterocycles. The maximum absolute atomic E-state index is 11.4. The lowest BCUT2D eigenvalue weighted by atomic mass is 9.76. The molecule has 0 bridgehead atoms. The standard InChI is InChI=1S/C20H23NO3/c1-23-19-11-21-12-20(18(19)13-22)24-14-16-9-5-6-10-17(16)15-7-3-2-4-8-15/h2-4,7-8,11-13,16-17H,5-6,9-10,14H2,1H3. The molecule has 1 fully saturated rings. The molecule has 0 radical (unpaired) electrons. The van der Waals surface area contributed by atoms with E-state index in [2.05, 4.69) is 35.3 Å². The van der Waals surface area contributed by atoms with Crippen molar-refractivity contribution in [1.82, 2.24) is 4.98 Å². The van der Waals surface area contributed by atoms with Crippen molar-refractivity contribution in [3.63, 3.8) is 0 Å². The Hall–Kier alpha value is -2.36. The molecule has 0 saturated heterocycles. The molecule has 1 saturated carbocycles. The Balaban J connectivity index is 1.74. The first kappa shape index (κ1) is 16.5. The number of rotatable bonds is 6. The molecule has 4 nitrogen and oxygen atoms in total. The van der Waals surface area contributed by atoms with Gasteiger partial charge in [0.15, 0.2) is 17.8 Å². The summed E-state index contributed by atoms with van der Waals surface area (Å²) in [6.45, 7) is 0.593. The maximum atomic E-state index is 11.4. The average Bonchev–Trinajstić information content (AvgIpc) is 2.66. The molecule has 1 heterocycles. The summed E-state index contributed by atoms with van der Waals surface area (Å²) in [5.41, 5.74) is 1.81. The Morgan fingerprint density at radius 2 is 1.88 bits per heavy atom. The summed E-state index contributed by atoms with van der Waals surface area (Å²) in [6.07, 6.45) is 8.72. The molecule has 1 aliphatic rings. The van der Waals surface area contributed by atoms with Gasteiger partial charge in [0.25, 0.3) is 0 Å². The molecule has 24 heavy (non-hydrogen) atoms. The number of hydrogen-bond donors (Lipinski definition) is 0. The number of aldehydes is 1. The largest absolute Gasteiger partial charge is 0.494 e. The van der Waals surface area contributed by atoms with E-state index in [1.165, 1.54) is 38.1 Å². The van der Waals surface area contributed by atoms with Crippen LogP contribution in [0.4, 0.5) is 0 Å². The molecular formula is C20H23NO3. The van der Waals surface area contributed by atoms with Crippen molar-refractivity contribution < 1.29 is 14.3 Å². The van der Waals surface area contributed by atoms with Crippen molar-refractivity contribution in [1.29, 1.82) is 0 Å². The summed E-state index contributed by atoms with van der Waals surface area (Å²) in [5, 5.41) is 0. The van der Waals surface area contributed by atoms with Crippen LogP contribution in [-0.2, 0) is 0 Å². The Labute approximate surface area is 142 Å². The van der Waals surface area contributed by atoms with E-state index >= 15 is 0 Å². The highest BCUT2D eigenvalue weighted by Gasteiger charge is 2.27. The van der Waals surface area contributed by atoms with Crippen LogP contribution in [0.15, 0.2) is 42.7 Å². The van der Waals surface area contributed by atoms with Crippen molar-refractivity contribution in [3.8, 4) is 11.5 Å². The number of pyridine rings is 1. The zero-order chi connectivity index (χ0) is 16.8. The number of hydrogen-bond acceptors (Lipinski definition) is 4. The summed E-state index contributed by atoms with van der Waals surface area (Å²) in [4.78, 5) is 15.5. The highest BCUT2D eigenvalue weighted by molar-refractivity contribution is 5.83. The zero-order valence-corrected chi connectivity index (χ0v) is 14.0. The summed E-state index contributed by atoms with van der Waals surface area (Å²) >= 11 is 0. The van der Waals surface area contributed by atoms with Crippen LogP contribution in [0.5, 0.6) is 11.5 Å². The summed E-state index contributed by atoms with van der Waals surface area (Å²) in [6, 6.07) is 10.6. The van der Waals surface area contributed by atoms with Crippen molar-refractivity contribution in [2.45, 2.75) is 31.6 Å². The lowest BCUT2D eigenvalue weighted by molar-refractivity contribution is 0.111. The lowest BCUT2D eigenvalue weighted by Crippen LogP contribution is -2.24. The van der Waals surface area contributed by atoms with E-state index < -0.39 is 0 Å². The Bertz CT molecular complexity index is 672. The second-order valence-electron chi connectivity index (χ2n) is 6.24. The topological polar surface area (TPSA) is 48.4 Å². The minimum Gasteiger partial charge on any atom is -0.494 e. The molecule has 2 unspecified atom stereocenters. The van der Waals surface area contributed by atoms with E-state index in [1.807, 2.05) is 0 Å². The Morgan fingerprint density at radius 3 is 2.62 bits per heavy atom. The van der Waals surface area contributed by atoms with E-state index in [0.717, 1.165) is 12.7 Å². The van der Waals surface area contributed by atoms with Crippen LogP contribution < -0.4 is 9.47 Å². The number of ether oxygens (including phenoxy) is 2. The first-order chi connectivity index (χ1) is 11.8. The number of aromatic nitrogens is 1. The molecule has 2 atom stereocenters. The van der Waals surface area contributed by atoms with Gasteiger partial charge in [-0.2, -0.15) is 0 Å². The van der Waals surface area contributed by atoms with Gasteiger partial charge >= 0.3 is 0 Å². The minimum atomic E-state index is 0.430. The number of benzene rings is 1. The lowest BCUT2D eigenvalue weighted by Gasteiger charge is -2.32. The van der Waals surface area contributed by atoms with Crippen LogP contribution in [0.3, 0.4) is 0 Å². The summed E-state index contributed by atoms with van der Waals surface area (Å²) in [5.74, 6) is 1.91. The first-order valence-corrected chi connectivity index (χ1v) is 8.48. The van der Waals surface area contributed by atoms with Gasteiger partial charge in [-0.1, -0.05) is 43.2 Å². The van der Waals surface area contributed by atoms with Crippen LogP contribution in [0.1, 0.15) is 47.5 Å². The van der Waals surface area contributed by atoms with Crippen LogP contribution >= 0.6 is 0 Å².